The maximum absolute atomic E-state index is 10.2. The number of hydrogen-bond acceptors (Lipinski definition) is 3. The van der Waals surface area contributed by atoms with Crippen LogP contribution in [0, 0.1) is 0 Å². The Balaban J connectivity index is 3.73. The van der Waals surface area contributed by atoms with Crippen LogP contribution in [0.15, 0.2) is 0 Å². The van der Waals surface area contributed by atoms with Gasteiger partial charge in [-0.15, -0.1) is 0 Å². The summed E-state index contributed by atoms with van der Waals surface area (Å²) in [5.74, 6) is 0. The van der Waals surface area contributed by atoms with Crippen LogP contribution in [-0.4, -0.2) is 11.5 Å². The van der Waals surface area contributed by atoms with E-state index in [1.165, 1.54) is 0 Å². The van der Waals surface area contributed by atoms with Gasteiger partial charge in [-0.05, 0) is 6.92 Å². The molecule has 0 amide bonds. The Labute approximate surface area is 48.5 Å². The zero-order chi connectivity index (χ0) is 6.62. The third-order valence-corrected chi connectivity index (χ3v) is 2.17. The van der Waals surface area contributed by atoms with Gasteiger partial charge in [0.1, 0.15) is 0 Å². The Morgan fingerprint density at radius 2 is 2.38 bits per heavy atom. The van der Waals surface area contributed by atoms with Crippen molar-refractivity contribution >= 4 is 15.4 Å². The SMILES string of the molecule is CCOP(=O)(O)P=O. The molecule has 1 N–H and O–H groups in total. The topological polar surface area (TPSA) is 63.6 Å². The summed E-state index contributed by atoms with van der Waals surface area (Å²) >= 11 is 0. The van der Waals surface area contributed by atoms with Gasteiger partial charge in [-0.25, -0.2) is 4.57 Å². The van der Waals surface area contributed by atoms with E-state index in [0.29, 0.717) is 0 Å². The molecule has 1 atom stereocenters. The predicted octanol–water partition coefficient (Wildman–Crippen LogP) is 1.42. The molecule has 0 radical (unpaired) electrons. The molecule has 48 valence electrons. The van der Waals surface area contributed by atoms with Crippen molar-refractivity contribution < 1.29 is 18.5 Å². The van der Waals surface area contributed by atoms with Gasteiger partial charge in [0.25, 0.3) is 8.15 Å². The molecular weight excluding hydrogens is 150 g/mol. The number of rotatable bonds is 3. The van der Waals surface area contributed by atoms with Gasteiger partial charge in [-0.3, -0.25) is 4.57 Å². The first-order chi connectivity index (χ1) is 3.62. The van der Waals surface area contributed by atoms with Gasteiger partial charge in [-0.2, -0.15) is 0 Å². The largest absolute Gasteiger partial charge is 0.417 e. The Bertz CT molecular complexity index is 121. The summed E-state index contributed by atoms with van der Waals surface area (Å²) in [4.78, 5) is 8.33. The van der Waals surface area contributed by atoms with Crippen molar-refractivity contribution in [1.29, 1.82) is 0 Å². The van der Waals surface area contributed by atoms with E-state index in [4.69, 9.17) is 4.89 Å². The molecule has 0 aliphatic carbocycles. The first-order valence-electron chi connectivity index (χ1n) is 1.94. The van der Waals surface area contributed by atoms with Crippen LogP contribution < -0.4 is 0 Å². The van der Waals surface area contributed by atoms with Crippen LogP contribution in [0.25, 0.3) is 0 Å². The molecule has 0 saturated heterocycles. The molecule has 0 aromatic rings. The van der Waals surface area contributed by atoms with Crippen molar-refractivity contribution in [2.24, 2.45) is 0 Å². The second-order valence-corrected chi connectivity index (χ2v) is 4.40. The maximum atomic E-state index is 10.2. The molecule has 0 aliphatic heterocycles. The van der Waals surface area contributed by atoms with Crippen LogP contribution in [0.5, 0.6) is 0 Å². The molecule has 0 aromatic carbocycles. The lowest BCUT2D eigenvalue weighted by atomic mass is 10.9. The van der Waals surface area contributed by atoms with Crippen LogP contribution in [0.4, 0.5) is 0 Å². The zero-order valence-electron chi connectivity index (χ0n) is 4.27. The monoisotopic (exact) mass is 156 g/mol. The van der Waals surface area contributed by atoms with Crippen molar-refractivity contribution in [2.45, 2.75) is 6.92 Å². The summed E-state index contributed by atoms with van der Waals surface area (Å²) in [5, 5.41) is 0. The fourth-order valence-electron chi connectivity index (χ4n) is 0.192. The summed E-state index contributed by atoms with van der Waals surface area (Å²) in [6.45, 7) is 1.65. The minimum Gasteiger partial charge on any atom is -0.316 e. The van der Waals surface area contributed by atoms with E-state index < -0.39 is 15.4 Å². The first kappa shape index (κ1) is 8.25. The Morgan fingerprint density at radius 3 is 2.50 bits per heavy atom. The molecule has 0 heterocycles. The first-order valence-corrected chi connectivity index (χ1v) is 5.04. The molecule has 0 saturated carbocycles. The second kappa shape index (κ2) is 3.31. The van der Waals surface area contributed by atoms with Crippen molar-refractivity contribution in [2.75, 3.05) is 6.61 Å². The van der Waals surface area contributed by atoms with Gasteiger partial charge in [-0.1, -0.05) is 0 Å². The highest BCUT2D eigenvalue weighted by Crippen LogP contribution is 2.54. The van der Waals surface area contributed by atoms with Crippen LogP contribution >= 0.6 is 15.4 Å². The molecule has 0 aromatic heterocycles. The van der Waals surface area contributed by atoms with E-state index >= 15 is 0 Å². The van der Waals surface area contributed by atoms with E-state index in [1.807, 2.05) is 0 Å². The Morgan fingerprint density at radius 1 is 1.88 bits per heavy atom. The molecule has 0 rings (SSSR count). The third-order valence-electron chi connectivity index (χ3n) is 0.400. The van der Waals surface area contributed by atoms with Gasteiger partial charge < -0.3 is 9.42 Å². The molecular formula is C2H6O4P2. The van der Waals surface area contributed by atoms with Crippen LogP contribution in [-0.2, 0) is 13.7 Å². The highest BCUT2D eigenvalue weighted by Gasteiger charge is 2.17. The standard InChI is InChI=1S/C2H6O4P2/c1-2-6-8(4,5)7-3/h2H2,1H3,(H,4,5). The summed E-state index contributed by atoms with van der Waals surface area (Å²) in [6, 6.07) is 0. The summed E-state index contributed by atoms with van der Waals surface area (Å²) in [7, 11) is -4.60. The van der Waals surface area contributed by atoms with Crippen molar-refractivity contribution in [3.8, 4) is 0 Å². The Hall–Kier alpha value is 0.250. The minimum absolute atomic E-state index is 0.100. The average molecular weight is 156 g/mol. The van der Waals surface area contributed by atoms with E-state index in [-0.39, 0.29) is 6.61 Å². The lowest BCUT2D eigenvalue weighted by Gasteiger charge is -1.97. The zero-order valence-corrected chi connectivity index (χ0v) is 6.06. The molecule has 8 heavy (non-hydrogen) atoms. The van der Waals surface area contributed by atoms with Gasteiger partial charge in [0.15, 0.2) is 0 Å². The lowest BCUT2D eigenvalue weighted by molar-refractivity contribution is 0.289. The van der Waals surface area contributed by atoms with Gasteiger partial charge in [0, 0.05) is 0 Å². The molecule has 0 bridgehead atoms. The van der Waals surface area contributed by atoms with Crippen molar-refractivity contribution in [3.63, 3.8) is 0 Å². The van der Waals surface area contributed by atoms with E-state index in [9.17, 15) is 9.13 Å². The molecule has 4 nitrogen and oxygen atoms in total. The molecule has 0 spiro atoms. The predicted molar refractivity (Wildman–Crippen MR) is 29.1 cm³/mol. The second-order valence-electron chi connectivity index (χ2n) is 0.990. The van der Waals surface area contributed by atoms with Crippen LogP contribution in [0.2, 0.25) is 0 Å². The smallest absolute Gasteiger partial charge is 0.316 e. The van der Waals surface area contributed by atoms with Gasteiger partial charge in [0.05, 0.1) is 6.61 Å². The minimum atomic E-state index is -3.76. The highest BCUT2D eigenvalue weighted by atomic mass is 32.1. The summed E-state index contributed by atoms with van der Waals surface area (Å²) in [6.07, 6.45) is 0. The fraction of sp³-hybridized carbons (Fsp3) is 1.00. The van der Waals surface area contributed by atoms with E-state index in [0.717, 1.165) is 0 Å². The molecule has 0 fully saturated rings. The van der Waals surface area contributed by atoms with Gasteiger partial charge >= 0.3 is 7.28 Å². The third kappa shape index (κ3) is 3.28. The van der Waals surface area contributed by atoms with E-state index in [1.54, 1.807) is 6.92 Å². The van der Waals surface area contributed by atoms with Gasteiger partial charge in [0.2, 0.25) is 0 Å². The quantitative estimate of drug-likeness (QED) is 0.627. The summed E-state index contributed by atoms with van der Waals surface area (Å²) in [5.41, 5.74) is 0. The Kier molecular flexibility index (Phi) is 3.41. The fourth-order valence-corrected chi connectivity index (χ4v) is 1.06. The molecule has 0 aliphatic rings. The van der Waals surface area contributed by atoms with Crippen molar-refractivity contribution in [1.82, 2.24) is 0 Å². The van der Waals surface area contributed by atoms with Crippen LogP contribution in [0.1, 0.15) is 6.92 Å². The average Bonchev–Trinajstić information content (AvgIpc) is 1.67. The maximum Gasteiger partial charge on any atom is 0.417 e. The molecule has 1 unspecified atom stereocenters. The molecule has 6 heteroatoms. The lowest BCUT2D eigenvalue weighted by Crippen LogP contribution is -1.79. The normalized spacial score (nSPS) is 18.2. The summed E-state index contributed by atoms with van der Waals surface area (Å²) < 4.78 is 24.0. The highest BCUT2D eigenvalue weighted by molar-refractivity contribution is 8.14. The van der Waals surface area contributed by atoms with Crippen LogP contribution in [0.3, 0.4) is 0 Å². The van der Waals surface area contributed by atoms with Crippen molar-refractivity contribution in [3.05, 3.63) is 0 Å². The number of hydrogen-bond donors (Lipinski definition) is 1. The van der Waals surface area contributed by atoms with E-state index in [2.05, 4.69) is 4.52 Å².